The summed E-state index contributed by atoms with van der Waals surface area (Å²) in [5.41, 5.74) is 1.48. The summed E-state index contributed by atoms with van der Waals surface area (Å²) >= 11 is 0. The van der Waals surface area contributed by atoms with Gasteiger partial charge in [-0.1, -0.05) is 12.1 Å². The molecule has 0 spiro atoms. The van der Waals surface area contributed by atoms with Gasteiger partial charge in [-0.2, -0.15) is 5.26 Å². The molecule has 0 heterocycles. The van der Waals surface area contributed by atoms with Crippen molar-refractivity contribution >= 4 is 17.3 Å². The molecule has 0 aliphatic rings. The first-order chi connectivity index (χ1) is 10.9. The fraction of sp³-hybridized carbons (Fsp3) is 0.222. The third-order valence-corrected chi connectivity index (χ3v) is 3.78. The van der Waals surface area contributed by atoms with Crippen molar-refractivity contribution in [3.8, 4) is 6.07 Å². The zero-order valence-electron chi connectivity index (χ0n) is 13.4. The molecule has 0 saturated heterocycles. The number of carboxylic acid groups (broad SMARTS) is 1. The Labute approximate surface area is 135 Å². The van der Waals surface area contributed by atoms with E-state index < -0.39 is 11.5 Å². The molecule has 0 aliphatic carbocycles. The molecule has 5 nitrogen and oxygen atoms in total. The molecule has 0 bridgehead atoms. The quantitative estimate of drug-likeness (QED) is 0.888. The highest BCUT2D eigenvalue weighted by atomic mass is 16.4. The monoisotopic (exact) mass is 309 g/mol. The Morgan fingerprint density at radius 3 is 2.39 bits per heavy atom. The molecule has 118 valence electrons. The highest BCUT2D eigenvalue weighted by molar-refractivity contribution is 5.84. The van der Waals surface area contributed by atoms with E-state index in [1.807, 2.05) is 43.3 Å². The van der Waals surface area contributed by atoms with E-state index in [4.69, 9.17) is 5.26 Å². The van der Waals surface area contributed by atoms with E-state index in [-0.39, 0.29) is 0 Å². The maximum absolute atomic E-state index is 11.9. The fourth-order valence-electron chi connectivity index (χ4n) is 2.26. The van der Waals surface area contributed by atoms with Gasteiger partial charge in [0.25, 0.3) is 0 Å². The van der Waals surface area contributed by atoms with Crippen LogP contribution in [0, 0.1) is 11.3 Å². The molecular formula is C18H19N3O2. The lowest BCUT2D eigenvalue weighted by molar-refractivity contribution is -0.142. The molecule has 23 heavy (non-hydrogen) atoms. The maximum atomic E-state index is 11.9. The molecule has 1 atom stereocenters. The van der Waals surface area contributed by atoms with E-state index in [2.05, 4.69) is 5.32 Å². The number of carbonyl (C=O) groups is 1. The zero-order chi connectivity index (χ0) is 17.0. The molecule has 0 amide bonds. The summed E-state index contributed by atoms with van der Waals surface area (Å²) in [6.07, 6.45) is 0. The largest absolute Gasteiger partial charge is 0.479 e. The van der Waals surface area contributed by atoms with Crippen molar-refractivity contribution in [3.63, 3.8) is 0 Å². The summed E-state index contributed by atoms with van der Waals surface area (Å²) < 4.78 is 0. The second kappa shape index (κ2) is 6.41. The van der Waals surface area contributed by atoms with Crippen LogP contribution in [0.25, 0.3) is 0 Å². The summed E-state index contributed by atoms with van der Waals surface area (Å²) in [7, 11) is 3.82. The SMILES string of the molecule is CN(C)c1cccc(C(C)(Nc2ccc(C#N)cc2)C(=O)O)c1. The van der Waals surface area contributed by atoms with Gasteiger partial charge in [0.15, 0.2) is 5.54 Å². The zero-order valence-corrected chi connectivity index (χ0v) is 13.4. The van der Waals surface area contributed by atoms with E-state index in [0.29, 0.717) is 16.8 Å². The molecule has 2 aromatic carbocycles. The minimum Gasteiger partial charge on any atom is -0.479 e. The van der Waals surface area contributed by atoms with Crippen molar-refractivity contribution in [2.75, 3.05) is 24.3 Å². The summed E-state index contributed by atoms with van der Waals surface area (Å²) in [6.45, 7) is 1.63. The Morgan fingerprint density at radius 1 is 1.22 bits per heavy atom. The van der Waals surface area contributed by atoms with Gasteiger partial charge >= 0.3 is 5.97 Å². The van der Waals surface area contributed by atoms with Crippen LogP contribution in [0.4, 0.5) is 11.4 Å². The number of benzene rings is 2. The Balaban J connectivity index is 2.40. The van der Waals surface area contributed by atoms with Crippen LogP contribution >= 0.6 is 0 Å². The number of aliphatic carboxylic acids is 1. The van der Waals surface area contributed by atoms with Gasteiger partial charge < -0.3 is 15.3 Å². The summed E-state index contributed by atoms with van der Waals surface area (Å²) in [5, 5.41) is 21.7. The maximum Gasteiger partial charge on any atom is 0.333 e. The highest BCUT2D eigenvalue weighted by Crippen LogP contribution is 2.29. The van der Waals surface area contributed by atoms with Crippen LogP contribution < -0.4 is 10.2 Å². The van der Waals surface area contributed by atoms with Crippen molar-refractivity contribution < 1.29 is 9.90 Å². The minimum absolute atomic E-state index is 0.530. The van der Waals surface area contributed by atoms with Gasteiger partial charge in [-0.15, -0.1) is 0 Å². The normalized spacial score (nSPS) is 12.8. The smallest absolute Gasteiger partial charge is 0.333 e. The standard InChI is InChI=1S/C18H19N3O2/c1-18(17(22)23,14-5-4-6-16(11-14)21(2)3)20-15-9-7-13(12-19)8-10-15/h4-11,20H,1-3H3,(H,22,23). The number of nitrogens with one attached hydrogen (secondary N) is 1. The van der Waals surface area contributed by atoms with E-state index in [1.165, 1.54) is 0 Å². The molecular weight excluding hydrogens is 290 g/mol. The van der Waals surface area contributed by atoms with E-state index in [0.717, 1.165) is 5.69 Å². The van der Waals surface area contributed by atoms with E-state index >= 15 is 0 Å². The Kier molecular flexibility index (Phi) is 4.56. The Morgan fingerprint density at radius 2 is 1.87 bits per heavy atom. The van der Waals surface area contributed by atoms with Gasteiger partial charge in [0.1, 0.15) is 0 Å². The second-order valence-electron chi connectivity index (χ2n) is 5.69. The first-order valence-corrected chi connectivity index (χ1v) is 7.16. The van der Waals surface area contributed by atoms with Crippen LogP contribution in [-0.4, -0.2) is 25.2 Å². The van der Waals surface area contributed by atoms with Gasteiger partial charge in [-0.05, 0) is 48.9 Å². The molecule has 0 aromatic heterocycles. The number of hydrogen-bond donors (Lipinski definition) is 2. The predicted molar refractivity (Wildman–Crippen MR) is 90.5 cm³/mol. The predicted octanol–water partition coefficient (Wildman–Crippen LogP) is 3.04. The first kappa shape index (κ1) is 16.4. The summed E-state index contributed by atoms with van der Waals surface area (Å²) in [5.74, 6) is -0.974. The van der Waals surface area contributed by atoms with Crippen molar-refractivity contribution in [1.29, 1.82) is 5.26 Å². The van der Waals surface area contributed by atoms with Crippen molar-refractivity contribution in [2.24, 2.45) is 0 Å². The molecule has 2 aromatic rings. The lowest BCUT2D eigenvalue weighted by Gasteiger charge is -2.29. The van der Waals surface area contributed by atoms with E-state index in [9.17, 15) is 9.90 Å². The van der Waals surface area contributed by atoms with Crippen LogP contribution in [0.1, 0.15) is 18.1 Å². The fourth-order valence-corrected chi connectivity index (χ4v) is 2.26. The highest BCUT2D eigenvalue weighted by Gasteiger charge is 2.35. The van der Waals surface area contributed by atoms with Crippen molar-refractivity contribution in [1.82, 2.24) is 0 Å². The number of carboxylic acids is 1. The second-order valence-corrected chi connectivity index (χ2v) is 5.69. The molecule has 0 aliphatic heterocycles. The van der Waals surface area contributed by atoms with Gasteiger partial charge in [0.05, 0.1) is 11.6 Å². The van der Waals surface area contributed by atoms with Crippen molar-refractivity contribution in [2.45, 2.75) is 12.5 Å². The summed E-state index contributed by atoms with van der Waals surface area (Å²) in [6, 6.07) is 16.2. The number of anilines is 2. The lowest BCUT2D eigenvalue weighted by Crippen LogP contribution is -2.40. The van der Waals surface area contributed by atoms with Gasteiger partial charge in [0, 0.05) is 25.5 Å². The third-order valence-electron chi connectivity index (χ3n) is 3.78. The van der Waals surface area contributed by atoms with Crippen LogP contribution in [0.5, 0.6) is 0 Å². The van der Waals surface area contributed by atoms with Crippen LogP contribution in [0.2, 0.25) is 0 Å². The number of rotatable bonds is 5. The molecule has 2 rings (SSSR count). The van der Waals surface area contributed by atoms with E-state index in [1.54, 1.807) is 37.3 Å². The lowest BCUT2D eigenvalue weighted by atomic mass is 9.91. The number of hydrogen-bond acceptors (Lipinski definition) is 4. The Hall–Kier alpha value is -3.00. The number of nitrogens with zero attached hydrogens (tertiary/aromatic N) is 2. The Bertz CT molecular complexity index is 748. The van der Waals surface area contributed by atoms with Crippen molar-refractivity contribution in [3.05, 3.63) is 59.7 Å². The van der Waals surface area contributed by atoms with Gasteiger partial charge in [-0.3, -0.25) is 0 Å². The van der Waals surface area contributed by atoms with Gasteiger partial charge in [-0.25, -0.2) is 4.79 Å². The molecule has 0 radical (unpaired) electrons. The molecule has 2 N–H and O–H groups in total. The minimum atomic E-state index is -1.28. The molecule has 5 heteroatoms. The molecule has 1 unspecified atom stereocenters. The first-order valence-electron chi connectivity index (χ1n) is 7.16. The van der Waals surface area contributed by atoms with Crippen LogP contribution in [0.15, 0.2) is 48.5 Å². The average Bonchev–Trinajstić information content (AvgIpc) is 2.55. The molecule has 0 fully saturated rings. The number of nitriles is 1. The topological polar surface area (TPSA) is 76.4 Å². The van der Waals surface area contributed by atoms with Gasteiger partial charge in [0.2, 0.25) is 0 Å². The van der Waals surface area contributed by atoms with Crippen LogP contribution in [-0.2, 0) is 10.3 Å². The summed E-state index contributed by atoms with van der Waals surface area (Å²) in [4.78, 5) is 13.8. The third kappa shape index (κ3) is 3.43. The van der Waals surface area contributed by atoms with Crippen LogP contribution in [0.3, 0.4) is 0 Å². The average molecular weight is 309 g/mol. The molecule has 0 saturated carbocycles.